The number of carbonyl (C=O) groups excluding carboxylic acids is 1. The fraction of sp³-hybridized carbons (Fsp3) is 0.133. The highest BCUT2D eigenvalue weighted by Gasteiger charge is 2.11. The average Bonchev–Trinajstić information content (AvgIpc) is 2.43. The molecule has 1 nitrogen and oxygen atoms in total. The molecule has 0 N–H and O–H groups in total. The van der Waals surface area contributed by atoms with Crippen LogP contribution in [0, 0.1) is 11.6 Å². The summed E-state index contributed by atoms with van der Waals surface area (Å²) >= 11 is 4.27. The SMILES string of the molecule is O=C(CSc1ccccc1F)Cc1cccc(F)c1Br. The fourth-order valence-electron chi connectivity index (χ4n) is 1.67. The van der Waals surface area contributed by atoms with E-state index in [1.165, 1.54) is 12.1 Å². The second kappa shape index (κ2) is 6.99. The fourth-order valence-corrected chi connectivity index (χ4v) is 2.87. The summed E-state index contributed by atoms with van der Waals surface area (Å²) in [5.41, 5.74) is 0.601. The molecule has 2 rings (SSSR count). The molecule has 5 heteroatoms. The first-order chi connectivity index (χ1) is 9.58. The van der Waals surface area contributed by atoms with Crippen molar-refractivity contribution in [2.75, 3.05) is 5.75 Å². The van der Waals surface area contributed by atoms with Gasteiger partial charge in [-0.3, -0.25) is 4.79 Å². The molecule has 0 bridgehead atoms. The van der Waals surface area contributed by atoms with Crippen LogP contribution in [-0.4, -0.2) is 11.5 Å². The van der Waals surface area contributed by atoms with E-state index in [4.69, 9.17) is 0 Å². The van der Waals surface area contributed by atoms with Gasteiger partial charge in [-0.1, -0.05) is 24.3 Å². The third-order valence-electron chi connectivity index (χ3n) is 2.64. The first-order valence-electron chi connectivity index (χ1n) is 5.90. The predicted molar refractivity (Wildman–Crippen MR) is 79.9 cm³/mol. The Labute approximate surface area is 128 Å². The van der Waals surface area contributed by atoms with E-state index >= 15 is 0 Å². The summed E-state index contributed by atoms with van der Waals surface area (Å²) in [4.78, 5) is 12.3. The summed E-state index contributed by atoms with van der Waals surface area (Å²) in [5, 5.41) is 0. The van der Waals surface area contributed by atoms with Gasteiger partial charge in [-0.2, -0.15) is 0 Å². The van der Waals surface area contributed by atoms with Gasteiger partial charge in [0.05, 0.1) is 10.2 Å². The van der Waals surface area contributed by atoms with Gasteiger partial charge in [-0.15, -0.1) is 11.8 Å². The maximum atomic E-state index is 13.4. The molecule has 104 valence electrons. The van der Waals surface area contributed by atoms with E-state index in [1.54, 1.807) is 30.3 Å². The Hall–Kier alpha value is -1.20. The minimum Gasteiger partial charge on any atom is -0.298 e. The molecular weight excluding hydrogens is 346 g/mol. The Balaban J connectivity index is 1.96. The number of thioether (sulfide) groups is 1. The van der Waals surface area contributed by atoms with Gasteiger partial charge in [0.15, 0.2) is 0 Å². The molecule has 0 amide bonds. The summed E-state index contributed by atoms with van der Waals surface area (Å²) in [5.74, 6) is -0.650. The third-order valence-corrected chi connectivity index (χ3v) is 4.64. The van der Waals surface area contributed by atoms with Crippen molar-refractivity contribution in [3.05, 3.63) is 64.1 Å². The molecule has 0 radical (unpaired) electrons. The maximum Gasteiger partial charge on any atom is 0.147 e. The van der Waals surface area contributed by atoms with E-state index in [0.29, 0.717) is 14.9 Å². The Bertz CT molecular complexity index is 631. The van der Waals surface area contributed by atoms with Crippen molar-refractivity contribution in [3.63, 3.8) is 0 Å². The van der Waals surface area contributed by atoms with E-state index in [0.717, 1.165) is 11.8 Å². The minimum absolute atomic E-state index is 0.0791. The lowest BCUT2D eigenvalue weighted by Crippen LogP contribution is -2.07. The average molecular weight is 357 g/mol. The molecule has 0 fully saturated rings. The van der Waals surface area contributed by atoms with Crippen molar-refractivity contribution in [2.45, 2.75) is 11.3 Å². The molecule has 2 aromatic rings. The standard InChI is InChI=1S/C15H11BrF2OS/c16-15-10(4-3-6-13(15)18)8-11(19)9-20-14-7-2-1-5-12(14)17/h1-7H,8-9H2. The van der Waals surface area contributed by atoms with Crippen LogP contribution in [0.4, 0.5) is 8.78 Å². The van der Waals surface area contributed by atoms with Crippen LogP contribution in [0.3, 0.4) is 0 Å². The van der Waals surface area contributed by atoms with Crippen LogP contribution in [0.5, 0.6) is 0 Å². The van der Waals surface area contributed by atoms with Crippen LogP contribution in [0.15, 0.2) is 51.8 Å². The van der Waals surface area contributed by atoms with E-state index in [9.17, 15) is 13.6 Å². The maximum absolute atomic E-state index is 13.4. The smallest absolute Gasteiger partial charge is 0.147 e. The van der Waals surface area contributed by atoms with Crippen LogP contribution >= 0.6 is 27.7 Å². The van der Waals surface area contributed by atoms with Gasteiger partial charge in [-0.05, 0) is 39.7 Å². The van der Waals surface area contributed by atoms with Crippen LogP contribution < -0.4 is 0 Å². The van der Waals surface area contributed by atoms with Crippen molar-refractivity contribution in [3.8, 4) is 0 Å². The van der Waals surface area contributed by atoms with Gasteiger partial charge in [0.25, 0.3) is 0 Å². The topological polar surface area (TPSA) is 17.1 Å². The summed E-state index contributed by atoms with van der Waals surface area (Å²) in [6.07, 6.45) is 0.125. The number of benzene rings is 2. The zero-order chi connectivity index (χ0) is 14.5. The lowest BCUT2D eigenvalue weighted by molar-refractivity contribution is -0.116. The van der Waals surface area contributed by atoms with Gasteiger partial charge in [0.1, 0.15) is 17.4 Å². The van der Waals surface area contributed by atoms with Crippen molar-refractivity contribution >= 4 is 33.5 Å². The summed E-state index contributed by atoms with van der Waals surface area (Å²) in [6, 6.07) is 10.9. The monoisotopic (exact) mass is 356 g/mol. The molecule has 0 saturated carbocycles. The second-order valence-electron chi connectivity index (χ2n) is 4.15. The first kappa shape index (κ1) is 15.2. The molecule has 0 aliphatic rings. The molecule has 0 saturated heterocycles. The highest BCUT2D eigenvalue weighted by atomic mass is 79.9. The summed E-state index contributed by atoms with van der Waals surface area (Å²) in [7, 11) is 0. The van der Waals surface area contributed by atoms with E-state index < -0.39 is 5.82 Å². The van der Waals surface area contributed by atoms with E-state index in [2.05, 4.69) is 15.9 Å². The molecule has 0 unspecified atom stereocenters. The number of carbonyl (C=O) groups is 1. The highest BCUT2D eigenvalue weighted by molar-refractivity contribution is 9.10. The Morgan fingerprint density at radius 2 is 1.75 bits per heavy atom. The predicted octanol–water partition coefficient (Wildman–Crippen LogP) is 4.63. The lowest BCUT2D eigenvalue weighted by Gasteiger charge is -2.05. The summed E-state index contributed by atoms with van der Waals surface area (Å²) < 4.78 is 27.0. The van der Waals surface area contributed by atoms with Crippen LogP contribution in [0.2, 0.25) is 0 Å². The Morgan fingerprint density at radius 3 is 2.50 bits per heavy atom. The zero-order valence-electron chi connectivity index (χ0n) is 10.4. The molecular formula is C15H11BrF2OS. The summed E-state index contributed by atoms with van der Waals surface area (Å²) in [6.45, 7) is 0. The van der Waals surface area contributed by atoms with Crippen LogP contribution in [0.25, 0.3) is 0 Å². The van der Waals surface area contributed by atoms with Gasteiger partial charge in [0.2, 0.25) is 0 Å². The Kier molecular flexibility index (Phi) is 5.31. The van der Waals surface area contributed by atoms with Gasteiger partial charge < -0.3 is 0 Å². The molecule has 0 aromatic heterocycles. The molecule has 20 heavy (non-hydrogen) atoms. The largest absolute Gasteiger partial charge is 0.298 e. The van der Waals surface area contributed by atoms with Crippen LogP contribution in [-0.2, 0) is 11.2 Å². The number of Topliss-reactive ketones (excluding diaryl/α,β-unsaturated/α-hetero) is 1. The van der Waals surface area contributed by atoms with Crippen molar-refractivity contribution in [2.24, 2.45) is 0 Å². The lowest BCUT2D eigenvalue weighted by atomic mass is 10.1. The van der Waals surface area contributed by atoms with Gasteiger partial charge in [0, 0.05) is 11.3 Å². The van der Waals surface area contributed by atoms with E-state index in [-0.39, 0.29) is 23.8 Å². The molecule has 0 aliphatic heterocycles. The van der Waals surface area contributed by atoms with Crippen molar-refractivity contribution in [1.29, 1.82) is 0 Å². The second-order valence-corrected chi connectivity index (χ2v) is 5.96. The zero-order valence-corrected chi connectivity index (χ0v) is 12.8. The van der Waals surface area contributed by atoms with Gasteiger partial charge >= 0.3 is 0 Å². The number of hydrogen-bond donors (Lipinski definition) is 0. The first-order valence-corrected chi connectivity index (χ1v) is 7.67. The molecule has 0 aliphatic carbocycles. The molecule has 0 atom stereocenters. The van der Waals surface area contributed by atoms with Crippen molar-refractivity contribution in [1.82, 2.24) is 0 Å². The Morgan fingerprint density at radius 1 is 1.05 bits per heavy atom. The van der Waals surface area contributed by atoms with E-state index in [1.807, 2.05) is 0 Å². The third kappa shape index (κ3) is 3.90. The number of halogens is 3. The molecule has 2 aromatic carbocycles. The van der Waals surface area contributed by atoms with Crippen molar-refractivity contribution < 1.29 is 13.6 Å². The normalized spacial score (nSPS) is 10.6. The highest BCUT2D eigenvalue weighted by Crippen LogP contribution is 2.24. The van der Waals surface area contributed by atoms with Gasteiger partial charge in [-0.25, -0.2) is 8.78 Å². The van der Waals surface area contributed by atoms with Crippen LogP contribution in [0.1, 0.15) is 5.56 Å². The number of rotatable bonds is 5. The molecule has 0 heterocycles. The number of hydrogen-bond acceptors (Lipinski definition) is 2. The molecule has 0 spiro atoms. The quantitative estimate of drug-likeness (QED) is 0.726. The minimum atomic E-state index is -0.392. The number of ketones is 1.